The van der Waals surface area contributed by atoms with Crippen molar-refractivity contribution in [2.45, 2.75) is 27.7 Å². The summed E-state index contributed by atoms with van der Waals surface area (Å²) in [6, 6.07) is 0. The molecule has 6 heteroatoms. The topological polar surface area (TPSA) is 55.4 Å². The molecule has 0 spiro atoms. The van der Waals surface area contributed by atoms with E-state index in [4.69, 9.17) is 4.74 Å². The predicted octanol–water partition coefficient (Wildman–Crippen LogP) is 3.86. The van der Waals surface area contributed by atoms with Crippen molar-refractivity contribution < 1.29 is 14.3 Å². The Morgan fingerprint density at radius 1 is 1.24 bits per heavy atom. The van der Waals surface area contributed by atoms with E-state index in [1.165, 1.54) is 18.4 Å². The summed E-state index contributed by atoms with van der Waals surface area (Å²) in [4.78, 5) is 24.6. The number of ether oxygens (including phenoxy) is 1. The van der Waals surface area contributed by atoms with E-state index in [2.05, 4.69) is 26.1 Å². The van der Waals surface area contributed by atoms with Gasteiger partial charge in [-0.3, -0.25) is 4.79 Å². The number of hydrogen-bond donors (Lipinski definition) is 1. The lowest BCUT2D eigenvalue weighted by Crippen LogP contribution is -2.22. The molecule has 0 bridgehead atoms. The fourth-order valence-corrected chi connectivity index (χ4v) is 5.95. The molecule has 0 aromatic carbocycles. The van der Waals surface area contributed by atoms with Gasteiger partial charge in [0.2, 0.25) is 0 Å². The monoisotopic (exact) mass is 330 g/mol. The van der Waals surface area contributed by atoms with Gasteiger partial charge in [0.05, 0.1) is 31.3 Å². The molecule has 1 rings (SSSR count). The second-order valence-electron chi connectivity index (χ2n) is 5.11. The molecule has 1 aromatic rings. The van der Waals surface area contributed by atoms with Crippen molar-refractivity contribution in [3.8, 4) is 0 Å². The number of thiophene rings is 1. The first kappa shape index (κ1) is 18.1. The molecule has 1 N–H and O–H groups in total. The minimum absolute atomic E-state index is 0.0144. The summed E-state index contributed by atoms with van der Waals surface area (Å²) < 4.78 is 4.76. The average Bonchev–Trinajstić information content (AvgIpc) is 2.85. The normalized spacial score (nSPS) is 11.3. The fraction of sp³-hybridized carbons (Fsp3) is 0.600. The lowest BCUT2D eigenvalue weighted by molar-refractivity contribution is -0.113. The van der Waals surface area contributed by atoms with Crippen molar-refractivity contribution in [3.63, 3.8) is 0 Å². The Labute approximate surface area is 131 Å². The summed E-state index contributed by atoms with van der Waals surface area (Å²) in [6.45, 7) is 8.40. The van der Waals surface area contributed by atoms with E-state index in [0.29, 0.717) is 16.7 Å². The van der Waals surface area contributed by atoms with Crippen LogP contribution < -0.4 is 5.32 Å². The SMILES string of the molecule is CC[P+](CC)(CC)CC(=O)Nc1c(C)csc1C(=O)OC. The number of carbonyl (C=O) groups excluding carboxylic acids is 2. The van der Waals surface area contributed by atoms with E-state index >= 15 is 0 Å². The van der Waals surface area contributed by atoms with E-state index in [9.17, 15) is 9.59 Å². The Bertz CT molecular complexity index is 501. The van der Waals surface area contributed by atoms with Gasteiger partial charge in [0.1, 0.15) is 11.0 Å². The van der Waals surface area contributed by atoms with Crippen molar-refractivity contribution in [1.82, 2.24) is 0 Å². The van der Waals surface area contributed by atoms with Gasteiger partial charge in [-0.1, -0.05) is 0 Å². The highest BCUT2D eigenvalue weighted by atomic mass is 32.1. The minimum atomic E-state index is -1.20. The van der Waals surface area contributed by atoms with Crippen LogP contribution in [0.5, 0.6) is 0 Å². The lowest BCUT2D eigenvalue weighted by Gasteiger charge is -2.22. The number of esters is 1. The van der Waals surface area contributed by atoms with Gasteiger partial charge >= 0.3 is 5.97 Å². The summed E-state index contributed by atoms with van der Waals surface area (Å²) in [5, 5.41) is 4.80. The predicted molar refractivity (Wildman–Crippen MR) is 92.4 cm³/mol. The molecule has 4 nitrogen and oxygen atoms in total. The van der Waals surface area contributed by atoms with Crippen LogP contribution in [-0.4, -0.2) is 43.6 Å². The zero-order chi connectivity index (χ0) is 16.0. The number of methoxy groups -OCH3 is 1. The van der Waals surface area contributed by atoms with Crippen LogP contribution in [0.15, 0.2) is 5.38 Å². The number of rotatable bonds is 7. The summed E-state index contributed by atoms with van der Waals surface area (Å²) >= 11 is 1.31. The fourth-order valence-electron chi connectivity index (χ4n) is 2.33. The minimum Gasteiger partial charge on any atom is -0.465 e. The highest BCUT2D eigenvalue weighted by Crippen LogP contribution is 2.57. The van der Waals surface area contributed by atoms with Gasteiger partial charge in [0, 0.05) is 7.26 Å². The van der Waals surface area contributed by atoms with Crippen LogP contribution in [-0.2, 0) is 9.53 Å². The first-order chi connectivity index (χ1) is 9.92. The molecule has 0 aliphatic rings. The Kier molecular flexibility index (Phi) is 6.82. The van der Waals surface area contributed by atoms with Crippen molar-refractivity contribution in [2.24, 2.45) is 0 Å². The summed E-state index contributed by atoms with van der Waals surface area (Å²) in [5.74, 6) is -0.383. The largest absolute Gasteiger partial charge is 0.465 e. The van der Waals surface area contributed by atoms with E-state index in [1.807, 2.05) is 12.3 Å². The van der Waals surface area contributed by atoms with E-state index in [0.717, 1.165) is 24.0 Å². The van der Waals surface area contributed by atoms with E-state index in [-0.39, 0.29) is 5.91 Å². The molecule has 118 valence electrons. The third-order valence-corrected chi connectivity index (χ3v) is 10.2. The van der Waals surface area contributed by atoms with E-state index in [1.54, 1.807) is 0 Å². The molecule has 0 saturated carbocycles. The van der Waals surface area contributed by atoms with Crippen LogP contribution in [0.1, 0.15) is 36.0 Å². The van der Waals surface area contributed by atoms with Gasteiger partial charge < -0.3 is 10.1 Å². The van der Waals surface area contributed by atoms with Crippen LogP contribution in [0, 0.1) is 6.92 Å². The quantitative estimate of drug-likeness (QED) is 0.610. The third-order valence-electron chi connectivity index (χ3n) is 4.10. The molecule has 0 radical (unpaired) electrons. The molecule has 0 aliphatic heterocycles. The summed E-state index contributed by atoms with van der Waals surface area (Å²) in [6.07, 6.45) is 3.84. The Hall–Kier alpha value is -0.930. The maximum Gasteiger partial charge on any atom is 0.350 e. The number of amides is 1. The van der Waals surface area contributed by atoms with Crippen LogP contribution in [0.25, 0.3) is 0 Å². The second kappa shape index (κ2) is 7.90. The highest BCUT2D eigenvalue weighted by molar-refractivity contribution is 7.76. The van der Waals surface area contributed by atoms with Crippen LogP contribution >= 0.6 is 18.6 Å². The molecule has 0 aliphatic carbocycles. The lowest BCUT2D eigenvalue weighted by atomic mass is 10.2. The summed E-state index contributed by atoms with van der Waals surface area (Å²) in [5.41, 5.74) is 1.51. The van der Waals surface area contributed by atoms with E-state index < -0.39 is 13.2 Å². The van der Waals surface area contributed by atoms with Gasteiger partial charge in [-0.05, 0) is 38.6 Å². The maximum absolute atomic E-state index is 12.4. The molecular weight excluding hydrogens is 305 g/mol. The standard InChI is InChI=1S/C15H24NO3PS/c1-6-20(7-2,8-3)9-12(17)16-13-11(4)10-21-14(13)15(18)19-5/h10H,6-9H2,1-5H3/p+1. The highest BCUT2D eigenvalue weighted by Gasteiger charge is 2.34. The molecular formula is C15H25NO3PS+. The molecule has 1 amide bonds. The number of aryl methyl sites for hydroxylation is 1. The van der Waals surface area contributed by atoms with Crippen LogP contribution in [0.4, 0.5) is 5.69 Å². The van der Waals surface area contributed by atoms with Crippen LogP contribution in [0.3, 0.4) is 0 Å². The van der Waals surface area contributed by atoms with Crippen molar-refractivity contribution >= 4 is 36.2 Å². The molecule has 0 atom stereocenters. The number of hydrogen-bond acceptors (Lipinski definition) is 4. The molecule has 0 saturated heterocycles. The first-order valence-corrected chi connectivity index (χ1v) is 10.6. The van der Waals surface area contributed by atoms with Crippen molar-refractivity contribution in [2.75, 3.05) is 37.1 Å². The zero-order valence-corrected chi connectivity index (χ0v) is 15.2. The Morgan fingerprint density at radius 3 is 2.29 bits per heavy atom. The Balaban J connectivity index is 2.89. The van der Waals surface area contributed by atoms with Gasteiger partial charge in [0.25, 0.3) is 5.91 Å². The van der Waals surface area contributed by atoms with Crippen molar-refractivity contribution in [1.29, 1.82) is 0 Å². The van der Waals surface area contributed by atoms with Crippen LogP contribution in [0.2, 0.25) is 0 Å². The van der Waals surface area contributed by atoms with Gasteiger partial charge in [-0.2, -0.15) is 0 Å². The summed E-state index contributed by atoms with van der Waals surface area (Å²) in [7, 11) is 0.153. The number of carbonyl (C=O) groups is 2. The smallest absolute Gasteiger partial charge is 0.350 e. The molecule has 1 heterocycles. The average molecular weight is 330 g/mol. The zero-order valence-electron chi connectivity index (χ0n) is 13.5. The number of anilines is 1. The van der Waals surface area contributed by atoms with Crippen molar-refractivity contribution in [3.05, 3.63) is 15.8 Å². The molecule has 0 fully saturated rings. The van der Waals surface area contributed by atoms with Gasteiger partial charge in [-0.25, -0.2) is 4.79 Å². The molecule has 1 aromatic heterocycles. The maximum atomic E-state index is 12.4. The Morgan fingerprint density at radius 2 is 1.81 bits per heavy atom. The molecule has 21 heavy (non-hydrogen) atoms. The third kappa shape index (κ3) is 4.27. The number of nitrogens with one attached hydrogen (secondary N) is 1. The molecule has 0 unspecified atom stereocenters. The first-order valence-electron chi connectivity index (χ1n) is 7.24. The second-order valence-corrected chi connectivity index (χ2v) is 10.9. The van der Waals surface area contributed by atoms with Gasteiger partial charge in [0.15, 0.2) is 0 Å². The van der Waals surface area contributed by atoms with Gasteiger partial charge in [-0.15, -0.1) is 11.3 Å².